The zero-order valence-corrected chi connectivity index (χ0v) is 18.5. The molecule has 0 aliphatic rings. The number of aryl methyl sites for hydroxylation is 1. The first-order valence-corrected chi connectivity index (χ1v) is 11.0. The molecule has 0 radical (unpaired) electrons. The van der Waals surface area contributed by atoms with Gasteiger partial charge in [0, 0.05) is 11.8 Å². The Bertz CT molecular complexity index is 1580. The summed E-state index contributed by atoms with van der Waals surface area (Å²) in [7, 11) is 0. The van der Waals surface area contributed by atoms with Crippen LogP contribution >= 0.6 is 11.3 Å². The molecule has 0 aliphatic heterocycles. The Balaban J connectivity index is 1.36. The Hall–Kier alpha value is -4.44. The number of amides is 1. The minimum Gasteiger partial charge on any atom is -0.437 e. The third kappa shape index (κ3) is 4.26. The summed E-state index contributed by atoms with van der Waals surface area (Å²) in [6.07, 6.45) is 1.44. The van der Waals surface area contributed by atoms with Crippen LogP contribution in [0.2, 0.25) is 0 Å². The largest absolute Gasteiger partial charge is 0.437 e. The van der Waals surface area contributed by atoms with E-state index in [1.165, 1.54) is 48.0 Å². The number of hydrogen-bond donors (Lipinski definition) is 1. The number of ether oxygens (including phenoxy) is 1. The molecule has 8 nitrogen and oxygen atoms in total. The maximum absolute atomic E-state index is 13.6. The summed E-state index contributed by atoms with van der Waals surface area (Å²) in [5, 5.41) is 8.83. The van der Waals surface area contributed by atoms with Crippen LogP contribution in [0.15, 0.2) is 77.2 Å². The predicted molar refractivity (Wildman–Crippen MR) is 126 cm³/mol. The molecule has 0 saturated heterocycles. The molecule has 1 amide bonds. The second-order valence-electron chi connectivity index (χ2n) is 7.30. The van der Waals surface area contributed by atoms with Gasteiger partial charge < -0.3 is 10.1 Å². The number of hydrogen-bond acceptors (Lipinski definition) is 7. The van der Waals surface area contributed by atoms with E-state index < -0.39 is 17.3 Å². The molecule has 10 heteroatoms. The van der Waals surface area contributed by atoms with Crippen LogP contribution in [0.1, 0.15) is 16.1 Å². The minimum absolute atomic E-state index is 0.0465. The molecular weight excluding hydrogens is 457 g/mol. The van der Waals surface area contributed by atoms with Crippen molar-refractivity contribution in [2.45, 2.75) is 6.92 Å². The Morgan fingerprint density at radius 3 is 2.71 bits per heavy atom. The molecule has 0 bridgehead atoms. The molecule has 0 saturated carbocycles. The zero-order chi connectivity index (χ0) is 23.7. The normalized spacial score (nSPS) is 10.9. The number of anilines is 1. The van der Waals surface area contributed by atoms with Crippen molar-refractivity contribution >= 4 is 33.1 Å². The molecule has 0 aliphatic carbocycles. The quantitative estimate of drug-likeness (QED) is 0.396. The lowest BCUT2D eigenvalue weighted by Crippen LogP contribution is -2.26. The van der Waals surface area contributed by atoms with Gasteiger partial charge in [0.05, 0.1) is 11.2 Å². The van der Waals surface area contributed by atoms with Crippen molar-refractivity contribution < 1.29 is 13.9 Å². The lowest BCUT2D eigenvalue weighted by Gasteiger charge is -2.11. The highest BCUT2D eigenvalue weighted by molar-refractivity contribution is 7.17. The monoisotopic (exact) mass is 473 g/mol. The molecule has 2 aromatic carbocycles. The van der Waals surface area contributed by atoms with Crippen molar-refractivity contribution in [3.05, 3.63) is 99.8 Å². The van der Waals surface area contributed by atoms with Crippen LogP contribution < -0.4 is 15.6 Å². The van der Waals surface area contributed by atoms with E-state index in [1.54, 1.807) is 31.2 Å². The number of carbonyl (C=O) groups is 1. The maximum atomic E-state index is 13.6. The molecule has 1 N–H and O–H groups in total. The predicted octanol–water partition coefficient (Wildman–Crippen LogP) is 4.73. The Morgan fingerprint density at radius 2 is 1.91 bits per heavy atom. The van der Waals surface area contributed by atoms with E-state index in [2.05, 4.69) is 20.4 Å². The van der Waals surface area contributed by atoms with Crippen LogP contribution in [0, 0.1) is 12.7 Å². The molecule has 34 heavy (non-hydrogen) atoms. The third-order valence-corrected chi connectivity index (χ3v) is 5.82. The fraction of sp³-hybridized carbons (Fsp3) is 0.0417. The summed E-state index contributed by atoms with van der Waals surface area (Å²) in [6, 6.07) is 15.4. The van der Waals surface area contributed by atoms with E-state index in [1.807, 2.05) is 11.4 Å². The molecule has 3 heterocycles. The second-order valence-corrected chi connectivity index (χ2v) is 8.22. The van der Waals surface area contributed by atoms with Crippen molar-refractivity contribution in [1.29, 1.82) is 0 Å². The van der Waals surface area contributed by atoms with Gasteiger partial charge in [0.2, 0.25) is 5.88 Å². The Kier molecular flexibility index (Phi) is 5.56. The van der Waals surface area contributed by atoms with E-state index in [4.69, 9.17) is 4.74 Å². The average molecular weight is 473 g/mol. The first-order chi connectivity index (χ1) is 16.5. The van der Waals surface area contributed by atoms with Crippen LogP contribution in [-0.2, 0) is 0 Å². The van der Waals surface area contributed by atoms with Crippen molar-refractivity contribution in [2.75, 3.05) is 5.32 Å². The number of nitrogens with zero attached hydrogens (tertiary/aromatic N) is 4. The number of carbonyl (C=O) groups excluding carboxylic acids is 1. The lowest BCUT2D eigenvalue weighted by molar-refractivity contribution is 0.102. The fourth-order valence-electron chi connectivity index (χ4n) is 3.31. The number of fused-ring (bicyclic) bond motifs is 1. The van der Waals surface area contributed by atoms with Gasteiger partial charge in [0.1, 0.15) is 22.6 Å². The van der Waals surface area contributed by atoms with E-state index in [0.717, 1.165) is 14.9 Å². The maximum Gasteiger partial charge on any atom is 0.276 e. The SMILES string of the molecule is Cc1cc(=O)n(-c2cccc(F)c2)nc1C(=O)Nc1ccc(Oc2ncnc3ccsc23)cc1. The molecule has 0 atom stereocenters. The van der Waals surface area contributed by atoms with Crippen LogP contribution in [0.5, 0.6) is 11.6 Å². The van der Waals surface area contributed by atoms with Gasteiger partial charge in [0.25, 0.3) is 11.5 Å². The first-order valence-electron chi connectivity index (χ1n) is 10.1. The van der Waals surface area contributed by atoms with E-state index >= 15 is 0 Å². The van der Waals surface area contributed by atoms with Gasteiger partial charge >= 0.3 is 0 Å². The molecule has 3 aromatic heterocycles. The smallest absolute Gasteiger partial charge is 0.276 e. The number of thiophene rings is 1. The first kappa shape index (κ1) is 21.4. The van der Waals surface area contributed by atoms with Gasteiger partial charge in [-0.3, -0.25) is 9.59 Å². The molecule has 168 valence electrons. The van der Waals surface area contributed by atoms with Crippen molar-refractivity contribution in [3.8, 4) is 17.3 Å². The summed E-state index contributed by atoms with van der Waals surface area (Å²) in [5.74, 6) is -0.0224. The van der Waals surface area contributed by atoms with E-state index in [9.17, 15) is 14.0 Å². The molecule has 5 rings (SSSR count). The van der Waals surface area contributed by atoms with Crippen LogP contribution in [0.25, 0.3) is 15.9 Å². The third-order valence-electron chi connectivity index (χ3n) is 4.93. The summed E-state index contributed by atoms with van der Waals surface area (Å²) in [6.45, 7) is 1.61. The average Bonchev–Trinajstić information content (AvgIpc) is 3.30. The van der Waals surface area contributed by atoms with Gasteiger partial charge in [-0.15, -0.1) is 11.3 Å². The molecule has 5 aromatic rings. The summed E-state index contributed by atoms with van der Waals surface area (Å²) >= 11 is 1.49. The van der Waals surface area contributed by atoms with Crippen LogP contribution in [0.4, 0.5) is 10.1 Å². The lowest BCUT2D eigenvalue weighted by atomic mass is 10.2. The molecular formula is C24H16FN5O3S. The zero-order valence-electron chi connectivity index (χ0n) is 17.7. The molecule has 0 spiro atoms. The summed E-state index contributed by atoms with van der Waals surface area (Å²) < 4.78 is 21.3. The standard InChI is InChI=1S/C24H16FN5O3S/c1-14-11-20(31)30(17-4-2-3-15(25)12-17)29-21(14)23(32)28-16-5-7-18(8-6-16)33-24-22-19(9-10-34-22)26-13-27-24/h2-13H,1H3,(H,28,32). The Labute approximate surface area is 196 Å². The van der Waals surface area contributed by atoms with Crippen LogP contribution in [-0.4, -0.2) is 25.7 Å². The van der Waals surface area contributed by atoms with Gasteiger partial charge in [-0.1, -0.05) is 6.07 Å². The van der Waals surface area contributed by atoms with Gasteiger partial charge in [-0.25, -0.2) is 14.4 Å². The Morgan fingerprint density at radius 1 is 1.09 bits per heavy atom. The van der Waals surface area contributed by atoms with Crippen molar-refractivity contribution in [3.63, 3.8) is 0 Å². The van der Waals surface area contributed by atoms with E-state index in [0.29, 0.717) is 22.9 Å². The minimum atomic E-state index is -0.512. The number of halogens is 1. The highest BCUT2D eigenvalue weighted by Gasteiger charge is 2.16. The van der Waals surface area contributed by atoms with Gasteiger partial charge in [-0.2, -0.15) is 9.78 Å². The van der Waals surface area contributed by atoms with Crippen LogP contribution in [0.3, 0.4) is 0 Å². The fourth-order valence-corrected chi connectivity index (χ4v) is 4.08. The molecule has 0 unspecified atom stereocenters. The number of benzene rings is 2. The van der Waals surface area contributed by atoms with E-state index in [-0.39, 0.29) is 11.4 Å². The van der Waals surface area contributed by atoms with Crippen molar-refractivity contribution in [2.24, 2.45) is 0 Å². The van der Waals surface area contributed by atoms with Crippen molar-refractivity contribution in [1.82, 2.24) is 19.7 Å². The van der Waals surface area contributed by atoms with Gasteiger partial charge in [0.15, 0.2) is 5.69 Å². The number of rotatable bonds is 5. The number of aromatic nitrogens is 4. The molecule has 0 fully saturated rings. The summed E-state index contributed by atoms with van der Waals surface area (Å²) in [5.41, 5.74) is 1.52. The second kappa shape index (κ2) is 8.83. The highest BCUT2D eigenvalue weighted by Crippen LogP contribution is 2.30. The number of nitrogens with one attached hydrogen (secondary N) is 1. The van der Waals surface area contributed by atoms with Gasteiger partial charge in [-0.05, 0) is 66.4 Å². The summed E-state index contributed by atoms with van der Waals surface area (Å²) in [4.78, 5) is 33.6. The topological polar surface area (TPSA) is 99.0 Å². The highest BCUT2D eigenvalue weighted by atomic mass is 32.1.